The van der Waals surface area contributed by atoms with E-state index in [0.717, 1.165) is 19.4 Å². The number of carbonyl (C=O) groups excluding carboxylic acids is 1. The standard InChI is InChI=1S/C16H20N6O3/c1-12(16(23)19-14-6-2-3-7-15(14)22(24)25)20-8-4-5-13(9-20)21-11-17-10-18-21/h2-3,6-7,10-13H,4-5,8-9H2,1H3,(H,19,23)/t12-,13-/m1/s1. The van der Waals surface area contributed by atoms with Crippen LogP contribution in [-0.2, 0) is 4.79 Å². The molecule has 0 radical (unpaired) electrons. The van der Waals surface area contributed by atoms with Crippen molar-refractivity contribution in [3.63, 3.8) is 0 Å². The van der Waals surface area contributed by atoms with Gasteiger partial charge in [-0.2, -0.15) is 5.10 Å². The summed E-state index contributed by atoms with van der Waals surface area (Å²) in [5.74, 6) is -0.256. The average molecular weight is 344 g/mol. The molecule has 0 spiro atoms. The van der Waals surface area contributed by atoms with Crippen molar-refractivity contribution >= 4 is 17.3 Å². The number of nitro benzene ring substituents is 1. The largest absolute Gasteiger partial charge is 0.319 e. The molecule has 1 amide bonds. The molecule has 1 aromatic carbocycles. The quantitative estimate of drug-likeness (QED) is 0.655. The fourth-order valence-electron chi connectivity index (χ4n) is 3.10. The van der Waals surface area contributed by atoms with E-state index in [4.69, 9.17) is 0 Å². The summed E-state index contributed by atoms with van der Waals surface area (Å²) in [4.78, 5) is 29.2. The van der Waals surface area contributed by atoms with Crippen LogP contribution in [0.4, 0.5) is 11.4 Å². The van der Waals surface area contributed by atoms with Gasteiger partial charge in [-0.05, 0) is 32.4 Å². The Morgan fingerprint density at radius 3 is 2.96 bits per heavy atom. The van der Waals surface area contributed by atoms with Crippen molar-refractivity contribution in [1.29, 1.82) is 0 Å². The Bertz CT molecular complexity index is 748. The third kappa shape index (κ3) is 3.82. The van der Waals surface area contributed by atoms with Crippen LogP contribution in [0, 0.1) is 10.1 Å². The summed E-state index contributed by atoms with van der Waals surface area (Å²) in [5, 5.41) is 17.9. The van der Waals surface area contributed by atoms with Gasteiger partial charge >= 0.3 is 0 Å². The van der Waals surface area contributed by atoms with E-state index >= 15 is 0 Å². The van der Waals surface area contributed by atoms with E-state index in [1.165, 1.54) is 18.5 Å². The van der Waals surface area contributed by atoms with Gasteiger partial charge in [0, 0.05) is 12.6 Å². The first-order valence-electron chi connectivity index (χ1n) is 8.18. The number of amides is 1. The highest BCUT2D eigenvalue weighted by atomic mass is 16.6. The minimum atomic E-state index is -0.498. The lowest BCUT2D eigenvalue weighted by Gasteiger charge is -2.35. The summed E-state index contributed by atoms with van der Waals surface area (Å²) < 4.78 is 1.82. The van der Waals surface area contributed by atoms with Crippen LogP contribution in [-0.4, -0.2) is 49.6 Å². The maximum Gasteiger partial charge on any atom is 0.292 e. The first-order chi connectivity index (χ1) is 12.1. The molecular weight excluding hydrogens is 324 g/mol. The Hall–Kier alpha value is -2.81. The number of carbonyl (C=O) groups is 1. The zero-order valence-electron chi connectivity index (χ0n) is 13.9. The van der Waals surface area contributed by atoms with E-state index in [9.17, 15) is 14.9 Å². The van der Waals surface area contributed by atoms with E-state index in [-0.39, 0.29) is 23.3 Å². The van der Waals surface area contributed by atoms with Crippen molar-refractivity contribution in [2.45, 2.75) is 31.8 Å². The molecule has 0 unspecified atom stereocenters. The number of para-hydroxylation sites is 2. The number of likely N-dealkylation sites (tertiary alicyclic amines) is 1. The number of nitro groups is 1. The van der Waals surface area contributed by atoms with Crippen molar-refractivity contribution in [3.05, 3.63) is 47.0 Å². The lowest BCUT2D eigenvalue weighted by atomic mass is 10.0. The molecule has 0 bridgehead atoms. The molecule has 1 aliphatic rings. The maximum atomic E-state index is 12.6. The van der Waals surface area contributed by atoms with E-state index < -0.39 is 11.0 Å². The predicted molar refractivity (Wildman–Crippen MR) is 91.1 cm³/mol. The minimum Gasteiger partial charge on any atom is -0.319 e. The zero-order chi connectivity index (χ0) is 17.8. The molecule has 2 atom stereocenters. The number of anilines is 1. The molecule has 1 aromatic heterocycles. The first kappa shape index (κ1) is 17.0. The fourth-order valence-corrected chi connectivity index (χ4v) is 3.10. The highest BCUT2D eigenvalue weighted by Crippen LogP contribution is 2.25. The summed E-state index contributed by atoms with van der Waals surface area (Å²) in [7, 11) is 0. The Kier molecular flexibility index (Phi) is 5.03. The zero-order valence-corrected chi connectivity index (χ0v) is 13.9. The van der Waals surface area contributed by atoms with Crippen LogP contribution in [0.25, 0.3) is 0 Å². The van der Waals surface area contributed by atoms with Gasteiger partial charge in [0.15, 0.2) is 0 Å². The summed E-state index contributed by atoms with van der Waals surface area (Å²) in [6, 6.07) is 5.93. The maximum absolute atomic E-state index is 12.6. The van der Waals surface area contributed by atoms with E-state index in [2.05, 4.69) is 20.3 Å². The molecule has 1 N–H and O–H groups in total. The highest BCUT2D eigenvalue weighted by molar-refractivity contribution is 5.96. The SMILES string of the molecule is C[C@H](C(=O)Nc1ccccc1[N+](=O)[O-])N1CCC[C@@H](n2cncn2)C1. The molecule has 132 valence electrons. The van der Waals surface area contributed by atoms with Crippen LogP contribution in [0.5, 0.6) is 0 Å². The molecule has 1 fully saturated rings. The van der Waals surface area contributed by atoms with Crippen LogP contribution in [0.15, 0.2) is 36.9 Å². The van der Waals surface area contributed by atoms with Gasteiger partial charge in [0.05, 0.1) is 17.0 Å². The van der Waals surface area contributed by atoms with Gasteiger partial charge in [-0.3, -0.25) is 19.8 Å². The molecular formula is C16H20N6O3. The van der Waals surface area contributed by atoms with E-state index in [1.54, 1.807) is 18.5 Å². The molecule has 9 nitrogen and oxygen atoms in total. The van der Waals surface area contributed by atoms with Crippen molar-refractivity contribution < 1.29 is 9.72 Å². The molecule has 1 aliphatic heterocycles. The topological polar surface area (TPSA) is 106 Å². The second-order valence-corrected chi connectivity index (χ2v) is 6.11. The molecule has 2 aromatic rings. The van der Waals surface area contributed by atoms with Gasteiger partial charge in [-0.1, -0.05) is 12.1 Å². The van der Waals surface area contributed by atoms with Crippen LogP contribution in [0.3, 0.4) is 0 Å². The van der Waals surface area contributed by atoms with Crippen LogP contribution in [0.1, 0.15) is 25.8 Å². The van der Waals surface area contributed by atoms with Crippen molar-refractivity contribution in [2.75, 3.05) is 18.4 Å². The number of rotatable bonds is 5. The predicted octanol–water partition coefficient (Wildman–Crippen LogP) is 1.85. The summed E-state index contributed by atoms with van der Waals surface area (Å²) in [6.45, 7) is 3.30. The lowest BCUT2D eigenvalue weighted by molar-refractivity contribution is -0.383. The van der Waals surface area contributed by atoms with Gasteiger partial charge in [0.1, 0.15) is 18.3 Å². The normalized spacial score (nSPS) is 19.3. The molecule has 1 saturated heterocycles. The second kappa shape index (κ2) is 7.39. The van der Waals surface area contributed by atoms with Crippen molar-refractivity contribution in [2.24, 2.45) is 0 Å². The molecule has 2 heterocycles. The summed E-state index contributed by atoms with van der Waals surface area (Å²) >= 11 is 0. The number of aromatic nitrogens is 3. The minimum absolute atomic E-state index is 0.109. The number of nitrogens with one attached hydrogen (secondary N) is 1. The monoisotopic (exact) mass is 344 g/mol. The highest BCUT2D eigenvalue weighted by Gasteiger charge is 2.29. The Morgan fingerprint density at radius 2 is 2.24 bits per heavy atom. The number of piperidine rings is 1. The van der Waals surface area contributed by atoms with E-state index in [1.807, 2.05) is 11.6 Å². The second-order valence-electron chi connectivity index (χ2n) is 6.11. The van der Waals surface area contributed by atoms with E-state index in [0.29, 0.717) is 6.54 Å². The fraction of sp³-hybridized carbons (Fsp3) is 0.438. The van der Waals surface area contributed by atoms with Crippen molar-refractivity contribution in [3.8, 4) is 0 Å². The van der Waals surface area contributed by atoms with Gasteiger partial charge in [0.25, 0.3) is 5.69 Å². The smallest absolute Gasteiger partial charge is 0.292 e. The van der Waals surface area contributed by atoms with Crippen LogP contribution >= 0.6 is 0 Å². The van der Waals surface area contributed by atoms with Gasteiger partial charge in [-0.15, -0.1) is 0 Å². The number of hydrogen-bond acceptors (Lipinski definition) is 6. The van der Waals surface area contributed by atoms with Gasteiger partial charge in [0.2, 0.25) is 5.91 Å². The Morgan fingerprint density at radius 1 is 1.44 bits per heavy atom. The summed E-state index contributed by atoms with van der Waals surface area (Å²) in [5.41, 5.74) is 0.108. The third-order valence-corrected chi connectivity index (χ3v) is 4.52. The molecule has 0 saturated carbocycles. The van der Waals surface area contributed by atoms with Crippen LogP contribution < -0.4 is 5.32 Å². The number of benzene rings is 1. The lowest BCUT2D eigenvalue weighted by Crippen LogP contribution is -2.47. The molecule has 25 heavy (non-hydrogen) atoms. The number of nitrogens with zero attached hydrogens (tertiary/aromatic N) is 5. The van der Waals surface area contributed by atoms with Crippen molar-refractivity contribution in [1.82, 2.24) is 19.7 Å². The Balaban J connectivity index is 1.67. The first-order valence-corrected chi connectivity index (χ1v) is 8.18. The van der Waals surface area contributed by atoms with Crippen LogP contribution in [0.2, 0.25) is 0 Å². The average Bonchev–Trinajstić information content (AvgIpc) is 3.16. The third-order valence-electron chi connectivity index (χ3n) is 4.52. The summed E-state index contributed by atoms with van der Waals surface area (Å²) in [6.07, 6.45) is 5.13. The van der Waals surface area contributed by atoms with Gasteiger partial charge < -0.3 is 5.32 Å². The molecule has 9 heteroatoms. The molecule has 3 rings (SSSR count). The molecule has 0 aliphatic carbocycles. The Labute approximate surface area is 144 Å². The van der Waals surface area contributed by atoms with Gasteiger partial charge in [-0.25, -0.2) is 9.67 Å². The number of hydrogen-bond donors (Lipinski definition) is 1.